The third-order valence-electron chi connectivity index (χ3n) is 6.35. The molecule has 0 aliphatic heterocycles. The molecule has 0 saturated carbocycles. The third-order valence-corrected chi connectivity index (χ3v) is 6.35. The lowest BCUT2D eigenvalue weighted by atomic mass is 9.87. The van der Waals surface area contributed by atoms with Gasteiger partial charge < -0.3 is 23.7 Å². The number of Topliss-reactive ketones (excluding diaryl/α,β-unsaturated/α-hetero) is 4. The van der Waals surface area contributed by atoms with Crippen LogP contribution in [0.3, 0.4) is 0 Å². The van der Waals surface area contributed by atoms with E-state index in [0.29, 0.717) is 31.3 Å². The number of hydrogen-bond donors (Lipinski definition) is 0. The Hall–Kier alpha value is -3.69. The van der Waals surface area contributed by atoms with E-state index in [9.17, 15) is 24.0 Å². The minimum atomic E-state index is -0.951. The fourth-order valence-corrected chi connectivity index (χ4v) is 4.51. The normalized spacial score (nSPS) is 16.5. The van der Waals surface area contributed by atoms with Gasteiger partial charge in [0.25, 0.3) is 0 Å². The number of carbonyl (C=O) groups is 5. The fraction of sp³-hybridized carbons (Fsp3) is 0.536. The summed E-state index contributed by atoms with van der Waals surface area (Å²) in [5.41, 5.74) is 0.218. The average molecular weight is 533 g/mol. The summed E-state index contributed by atoms with van der Waals surface area (Å²) in [6, 6.07) is 0. The Morgan fingerprint density at radius 3 is 1.34 bits per heavy atom. The summed E-state index contributed by atoms with van der Waals surface area (Å²) in [6.45, 7) is 3.60. The quantitative estimate of drug-likeness (QED) is 0.133. The number of carbonyl (C=O) groups excluding carboxylic acids is 5. The number of ether oxygens (including phenoxy) is 5. The summed E-state index contributed by atoms with van der Waals surface area (Å²) in [5, 5.41) is 0. The minimum absolute atomic E-state index is 0.0245. The maximum atomic E-state index is 13.1. The Kier molecular flexibility index (Phi) is 11.5. The van der Waals surface area contributed by atoms with Gasteiger partial charge in [-0.25, -0.2) is 4.79 Å². The first-order valence-electron chi connectivity index (χ1n) is 12.7. The lowest BCUT2D eigenvalue weighted by Gasteiger charge is -2.22. The molecule has 38 heavy (non-hydrogen) atoms. The first-order chi connectivity index (χ1) is 18.2. The molecule has 0 bridgehead atoms. The molecule has 10 heteroatoms. The second kappa shape index (κ2) is 14.3. The van der Waals surface area contributed by atoms with E-state index in [1.807, 2.05) is 6.92 Å². The number of rotatable bonds is 15. The summed E-state index contributed by atoms with van der Waals surface area (Å²) < 4.78 is 25.8. The lowest BCUT2D eigenvalue weighted by Crippen LogP contribution is -2.30. The highest BCUT2D eigenvalue weighted by atomic mass is 16.5. The van der Waals surface area contributed by atoms with Crippen LogP contribution in [0.2, 0.25) is 0 Å². The van der Waals surface area contributed by atoms with Crippen molar-refractivity contribution in [2.45, 2.75) is 65.2 Å². The molecule has 0 amide bonds. The van der Waals surface area contributed by atoms with Gasteiger partial charge in [-0.05, 0) is 45.4 Å². The fourth-order valence-electron chi connectivity index (χ4n) is 4.51. The van der Waals surface area contributed by atoms with Gasteiger partial charge in [-0.3, -0.25) is 19.2 Å². The highest BCUT2D eigenvalue weighted by Gasteiger charge is 2.40. The molecule has 10 nitrogen and oxygen atoms in total. The van der Waals surface area contributed by atoms with Crippen LogP contribution in [0.5, 0.6) is 0 Å². The maximum absolute atomic E-state index is 13.1. The van der Waals surface area contributed by atoms with Crippen molar-refractivity contribution in [3.63, 3.8) is 0 Å². The zero-order chi connectivity index (χ0) is 28.4. The van der Waals surface area contributed by atoms with E-state index in [-0.39, 0.29) is 65.2 Å². The molecule has 0 atom stereocenters. The molecule has 0 saturated heterocycles. The Bertz CT molecular complexity index is 1120. The molecule has 0 unspecified atom stereocenters. The van der Waals surface area contributed by atoms with E-state index in [0.717, 1.165) is 12.8 Å². The largest absolute Gasteiger partial charge is 0.492 e. The second-order valence-corrected chi connectivity index (χ2v) is 8.64. The minimum Gasteiger partial charge on any atom is -0.492 e. The van der Waals surface area contributed by atoms with Crippen LogP contribution in [0.25, 0.3) is 0 Å². The van der Waals surface area contributed by atoms with Gasteiger partial charge in [0.05, 0.1) is 35.0 Å². The van der Waals surface area contributed by atoms with Crippen LogP contribution in [0.1, 0.15) is 65.2 Å². The lowest BCUT2D eigenvalue weighted by molar-refractivity contribution is -0.141. The molecule has 0 fully saturated rings. The Morgan fingerprint density at radius 1 is 0.553 bits per heavy atom. The van der Waals surface area contributed by atoms with Crippen molar-refractivity contribution in [1.82, 2.24) is 0 Å². The zero-order valence-electron chi connectivity index (χ0n) is 22.9. The Balaban J connectivity index is 2.12. The predicted molar refractivity (Wildman–Crippen MR) is 135 cm³/mol. The molecule has 0 aromatic carbocycles. The molecule has 0 aromatic rings. The molecule has 2 aliphatic rings. The van der Waals surface area contributed by atoms with Crippen LogP contribution in [-0.4, -0.2) is 64.1 Å². The summed E-state index contributed by atoms with van der Waals surface area (Å²) >= 11 is 0. The number of unbranched alkanes of at least 4 members (excludes halogenated alkanes) is 3. The second-order valence-electron chi connectivity index (χ2n) is 8.64. The smallest absolute Gasteiger partial charge is 0.346 e. The van der Waals surface area contributed by atoms with Crippen molar-refractivity contribution in [2.24, 2.45) is 0 Å². The van der Waals surface area contributed by atoms with E-state index in [2.05, 4.69) is 0 Å². The molecule has 0 N–H and O–H groups in total. The summed E-state index contributed by atoms with van der Waals surface area (Å²) in [7, 11) is 5.20. The van der Waals surface area contributed by atoms with E-state index >= 15 is 0 Å². The van der Waals surface area contributed by atoms with E-state index in [1.165, 1.54) is 28.4 Å². The molecular formula is C28H36O10. The molecule has 0 spiro atoms. The van der Waals surface area contributed by atoms with Gasteiger partial charge in [-0.1, -0.05) is 19.8 Å². The van der Waals surface area contributed by atoms with Gasteiger partial charge in [0.2, 0.25) is 23.1 Å². The number of ketones is 4. The number of hydrogen-bond acceptors (Lipinski definition) is 10. The molecule has 0 heterocycles. The van der Waals surface area contributed by atoms with Gasteiger partial charge >= 0.3 is 5.97 Å². The molecule has 2 aliphatic carbocycles. The maximum Gasteiger partial charge on any atom is 0.346 e. The van der Waals surface area contributed by atoms with Crippen LogP contribution in [0.15, 0.2) is 45.3 Å². The van der Waals surface area contributed by atoms with E-state index in [1.54, 1.807) is 6.92 Å². The van der Waals surface area contributed by atoms with Crippen LogP contribution in [0, 0.1) is 0 Å². The van der Waals surface area contributed by atoms with Gasteiger partial charge in [-0.2, -0.15) is 0 Å². The average Bonchev–Trinajstić information content (AvgIpc) is 2.90. The standard InChI is InChI=1S/C28H36O10/c1-7-9-13-16-20(29)25(35-4)17(21(30)24(16)34-3)14-11-10-12-15-18-22(31)27(37-6)19(28(33)38-8-2)23(32)26(18)36-5/h7-15H2,1-6H3. The molecule has 208 valence electrons. The van der Waals surface area contributed by atoms with Gasteiger partial charge in [0.1, 0.15) is 0 Å². The third kappa shape index (κ3) is 6.23. The van der Waals surface area contributed by atoms with E-state index in [4.69, 9.17) is 23.7 Å². The van der Waals surface area contributed by atoms with Crippen molar-refractivity contribution in [1.29, 1.82) is 0 Å². The van der Waals surface area contributed by atoms with Crippen LogP contribution in [0.4, 0.5) is 0 Å². The molecule has 2 rings (SSSR count). The number of methoxy groups -OCH3 is 4. The van der Waals surface area contributed by atoms with Crippen molar-refractivity contribution in [3.8, 4) is 0 Å². The molecule has 0 radical (unpaired) electrons. The monoisotopic (exact) mass is 532 g/mol. The topological polar surface area (TPSA) is 132 Å². The van der Waals surface area contributed by atoms with E-state index < -0.39 is 23.1 Å². The summed E-state index contributed by atoms with van der Waals surface area (Å²) in [4.78, 5) is 64.3. The highest BCUT2D eigenvalue weighted by molar-refractivity contribution is 6.33. The van der Waals surface area contributed by atoms with Gasteiger partial charge in [0.15, 0.2) is 28.6 Å². The summed E-state index contributed by atoms with van der Waals surface area (Å²) in [5.74, 6) is -3.49. The Morgan fingerprint density at radius 2 is 0.947 bits per heavy atom. The highest BCUT2D eigenvalue weighted by Crippen LogP contribution is 2.33. The zero-order valence-corrected chi connectivity index (χ0v) is 22.9. The Labute approximate surface area is 222 Å². The number of allylic oxidation sites excluding steroid dienone is 4. The number of esters is 1. The molecular weight excluding hydrogens is 496 g/mol. The predicted octanol–water partition coefficient (Wildman–Crippen LogP) is 3.60. The van der Waals surface area contributed by atoms with Crippen molar-refractivity contribution >= 4 is 29.1 Å². The van der Waals surface area contributed by atoms with Crippen LogP contribution in [-0.2, 0) is 47.7 Å². The van der Waals surface area contributed by atoms with Gasteiger partial charge in [0, 0.05) is 16.7 Å². The van der Waals surface area contributed by atoms with Crippen molar-refractivity contribution < 1.29 is 47.7 Å². The SMILES string of the molecule is CCCCC1=C(OC)C(=O)C(CCCCCC2=C(OC)C(=O)C(C(=O)OCC)=C(OC)C2=O)=C(OC)C1=O. The first-order valence-corrected chi connectivity index (χ1v) is 12.7. The van der Waals surface area contributed by atoms with Crippen LogP contribution < -0.4 is 0 Å². The summed E-state index contributed by atoms with van der Waals surface area (Å²) in [6.07, 6.45) is 4.06. The van der Waals surface area contributed by atoms with Crippen molar-refractivity contribution in [3.05, 3.63) is 45.3 Å². The van der Waals surface area contributed by atoms with Crippen molar-refractivity contribution in [2.75, 3.05) is 35.0 Å². The first kappa shape index (κ1) is 30.5. The van der Waals surface area contributed by atoms with Crippen LogP contribution >= 0.6 is 0 Å². The van der Waals surface area contributed by atoms with Gasteiger partial charge in [-0.15, -0.1) is 0 Å². The molecule has 0 aromatic heterocycles.